The summed E-state index contributed by atoms with van der Waals surface area (Å²) in [6.07, 6.45) is 0.730. The molecule has 116 valence electrons. The number of nitrogens with one attached hydrogen (secondary N) is 1. The molecule has 0 aromatic heterocycles. The molecule has 0 atom stereocenters. The average Bonchev–Trinajstić information content (AvgIpc) is 2.48. The van der Waals surface area contributed by atoms with Gasteiger partial charge in [-0.25, -0.2) is 4.79 Å². The van der Waals surface area contributed by atoms with E-state index in [1.54, 1.807) is 18.2 Å². The molecule has 0 radical (unpaired) electrons. The standard InChI is InChI=1S/C18H22N2O2/c1-4-13-7-5-6-8-16(13)20-17-10-9-14(19)11-15(17)18(21)22-12(2)3/h5-12,20H,4,19H2,1-3H3. The molecule has 3 N–H and O–H groups in total. The smallest absolute Gasteiger partial charge is 0.340 e. The van der Waals surface area contributed by atoms with E-state index in [9.17, 15) is 4.79 Å². The zero-order valence-corrected chi connectivity index (χ0v) is 13.2. The molecule has 2 rings (SSSR count). The quantitative estimate of drug-likeness (QED) is 0.643. The predicted octanol–water partition coefficient (Wildman–Crippen LogP) is 4.14. The maximum Gasteiger partial charge on any atom is 0.340 e. The summed E-state index contributed by atoms with van der Waals surface area (Å²) < 4.78 is 5.29. The van der Waals surface area contributed by atoms with Crippen LogP contribution in [-0.4, -0.2) is 12.1 Å². The van der Waals surface area contributed by atoms with E-state index in [0.29, 0.717) is 16.9 Å². The Morgan fingerprint density at radius 1 is 1.18 bits per heavy atom. The van der Waals surface area contributed by atoms with E-state index in [4.69, 9.17) is 10.5 Å². The first-order valence-electron chi connectivity index (χ1n) is 7.46. The number of rotatable bonds is 5. The highest BCUT2D eigenvalue weighted by atomic mass is 16.5. The van der Waals surface area contributed by atoms with Gasteiger partial charge < -0.3 is 15.8 Å². The molecule has 0 bridgehead atoms. The number of aryl methyl sites for hydroxylation is 1. The zero-order valence-electron chi connectivity index (χ0n) is 13.2. The fourth-order valence-corrected chi connectivity index (χ4v) is 2.21. The summed E-state index contributed by atoms with van der Waals surface area (Å²) in [6.45, 7) is 5.74. The number of ether oxygens (including phenoxy) is 1. The van der Waals surface area contributed by atoms with E-state index < -0.39 is 0 Å². The van der Waals surface area contributed by atoms with Gasteiger partial charge in [0.05, 0.1) is 17.4 Å². The minimum atomic E-state index is -0.376. The Labute approximate surface area is 131 Å². The van der Waals surface area contributed by atoms with Crippen molar-refractivity contribution in [3.05, 3.63) is 53.6 Å². The summed E-state index contributed by atoms with van der Waals surface area (Å²) in [5.74, 6) is -0.376. The van der Waals surface area contributed by atoms with Gasteiger partial charge in [0, 0.05) is 11.4 Å². The SMILES string of the molecule is CCc1ccccc1Nc1ccc(N)cc1C(=O)OC(C)C. The molecule has 0 saturated heterocycles. The second-order valence-electron chi connectivity index (χ2n) is 5.39. The lowest BCUT2D eigenvalue weighted by atomic mass is 10.1. The van der Waals surface area contributed by atoms with Gasteiger partial charge >= 0.3 is 5.97 Å². The van der Waals surface area contributed by atoms with Crippen LogP contribution in [0.1, 0.15) is 36.7 Å². The Hall–Kier alpha value is -2.49. The van der Waals surface area contributed by atoms with Gasteiger partial charge in [-0.1, -0.05) is 25.1 Å². The lowest BCUT2D eigenvalue weighted by Gasteiger charge is -2.16. The Balaban J connectivity index is 2.36. The second kappa shape index (κ2) is 6.98. The number of hydrogen-bond acceptors (Lipinski definition) is 4. The van der Waals surface area contributed by atoms with Gasteiger partial charge in [0.1, 0.15) is 0 Å². The van der Waals surface area contributed by atoms with E-state index in [2.05, 4.69) is 18.3 Å². The average molecular weight is 298 g/mol. The summed E-state index contributed by atoms with van der Waals surface area (Å²) in [5.41, 5.74) is 9.64. The van der Waals surface area contributed by atoms with E-state index in [1.807, 2.05) is 32.0 Å². The van der Waals surface area contributed by atoms with Gasteiger partial charge in [-0.3, -0.25) is 0 Å². The molecule has 0 aliphatic rings. The van der Waals surface area contributed by atoms with E-state index in [0.717, 1.165) is 12.1 Å². The number of anilines is 3. The molecule has 4 heteroatoms. The Morgan fingerprint density at radius 2 is 1.91 bits per heavy atom. The third-order valence-electron chi connectivity index (χ3n) is 3.27. The predicted molar refractivity (Wildman–Crippen MR) is 90.5 cm³/mol. The van der Waals surface area contributed by atoms with E-state index >= 15 is 0 Å². The summed E-state index contributed by atoms with van der Waals surface area (Å²) in [5, 5.41) is 3.32. The fourth-order valence-electron chi connectivity index (χ4n) is 2.21. The number of benzene rings is 2. The summed E-state index contributed by atoms with van der Waals surface area (Å²) in [7, 11) is 0. The number of esters is 1. The third-order valence-corrected chi connectivity index (χ3v) is 3.27. The zero-order chi connectivity index (χ0) is 16.1. The van der Waals surface area contributed by atoms with Gasteiger partial charge in [0.25, 0.3) is 0 Å². The first-order chi connectivity index (χ1) is 10.5. The van der Waals surface area contributed by atoms with Gasteiger partial charge in [-0.05, 0) is 50.1 Å². The molecular formula is C18H22N2O2. The van der Waals surface area contributed by atoms with Crippen LogP contribution in [0.5, 0.6) is 0 Å². The van der Waals surface area contributed by atoms with Crippen LogP contribution in [0.2, 0.25) is 0 Å². The number of nitrogen functional groups attached to an aromatic ring is 1. The number of carbonyl (C=O) groups is 1. The molecular weight excluding hydrogens is 276 g/mol. The normalized spacial score (nSPS) is 10.5. The first kappa shape index (κ1) is 15.9. The van der Waals surface area contributed by atoms with E-state index in [1.165, 1.54) is 5.56 Å². The van der Waals surface area contributed by atoms with Crippen molar-refractivity contribution in [1.29, 1.82) is 0 Å². The van der Waals surface area contributed by atoms with Crippen LogP contribution in [0.3, 0.4) is 0 Å². The maximum atomic E-state index is 12.3. The van der Waals surface area contributed by atoms with Crippen molar-refractivity contribution >= 4 is 23.0 Å². The van der Waals surface area contributed by atoms with Crippen LogP contribution in [0, 0.1) is 0 Å². The van der Waals surface area contributed by atoms with Crippen molar-refractivity contribution in [1.82, 2.24) is 0 Å². The van der Waals surface area contributed by atoms with Crippen molar-refractivity contribution in [2.24, 2.45) is 0 Å². The number of carbonyl (C=O) groups excluding carboxylic acids is 1. The number of hydrogen-bond donors (Lipinski definition) is 2. The molecule has 4 nitrogen and oxygen atoms in total. The minimum Gasteiger partial charge on any atom is -0.459 e. The lowest BCUT2D eigenvalue weighted by Crippen LogP contribution is -2.14. The van der Waals surface area contributed by atoms with Crippen LogP contribution in [0.15, 0.2) is 42.5 Å². The molecule has 0 aliphatic carbocycles. The summed E-state index contributed by atoms with van der Waals surface area (Å²) in [4.78, 5) is 12.3. The van der Waals surface area contributed by atoms with Crippen molar-refractivity contribution in [2.75, 3.05) is 11.1 Å². The van der Waals surface area contributed by atoms with Crippen molar-refractivity contribution in [2.45, 2.75) is 33.3 Å². The third kappa shape index (κ3) is 3.79. The van der Waals surface area contributed by atoms with Crippen LogP contribution >= 0.6 is 0 Å². The van der Waals surface area contributed by atoms with Crippen molar-refractivity contribution < 1.29 is 9.53 Å². The molecule has 0 aliphatic heterocycles. The van der Waals surface area contributed by atoms with Crippen LogP contribution in [0.4, 0.5) is 17.1 Å². The van der Waals surface area contributed by atoms with Gasteiger partial charge in [0.2, 0.25) is 0 Å². The Bertz CT molecular complexity index is 666. The first-order valence-corrected chi connectivity index (χ1v) is 7.46. The largest absolute Gasteiger partial charge is 0.459 e. The summed E-state index contributed by atoms with van der Waals surface area (Å²) in [6, 6.07) is 13.2. The molecule has 0 spiro atoms. The van der Waals surface area contributed by atoms with Crippen molar-refractivity contribution in [3.63, 3.8) is 0 Å². The van der Waals surface area contributed by atoms with Crippen LogP contribution in [0.25, 0.3) is 0 Å². The highest BCUT2D eigenvalue weighted by Gasteiger charge is 2.15. The fraction of sp³-hybridized carbons (Fsp3) is 0.278. The second-order valence-corrected chi connectivity index (χ2v) is 5.39. The number of nitrogens with two attached hydrogens (primary N) is 1. The van der Waals surface area contributed by atoms with E-state index in [-0.39, 0.29) is 12.1 Å². The van der Waals surface area contributed by atoms with Gasteiger partial charge in [-0.2, -0.15) is 0 Å². The molecule has 2 aromatic carbocycles. The van der Waals surface area contributed by atoms with Crippen molar-refractivity contribution in [3.8, 4) is 0 Å². The molecule has 22 heavy (non-hydrogen) atoms. The molecule has 0 saturated carbocycles. The topological polar surface area (TPSA) is 64.3 Å². The highest BCUT2D eigenvalue weighted by molar-refractivity contribution is 5.97. The minimum absolute atomic E-state index is 0.176. The highest BCUT2D eigenvalue weighted by Crippen LogP contribution is 2.26. The Kier molecular flexibility index (Phi) is 5.04. The van der Waals surface area contributed by atoms with Gasteiger partial charge in [0.15, 0.2) is 0 Å². The van der Waals surface area contributed by atoms with Gasteiger partial charge in [-0.15, -0.1) is 0 Å². The molecule has 2 aromatic rings. The molecule has 0 amide bonds. The summed E-state index contributed by atoms with van der Waals surface area (Å²) >= 11 is 0. The molecule has 0 fully saturated rings. The Morgan fingerprint density at radius 3 is 2.59 bits per heavy atom. The molecule has 0 heterocycles. The van der Waals surface area contributed by atoms with Crippen LogP contribution < -0.4 is 11.1 Å². The number of para-hydroxylation sites is 1. The van der Waals surface area contributed by atoms with Crippen LogP contribution in [-0.2, 0) is 11.2 Å². The maximum absolute atomic E-state index is 12.3. The molecule has 0 unspecified atom stereocenters. The lowest BCUT2D eigenvalue weighted by molar-refractivity contribution is 0.0379. The monoisotopic (exact) mass is 298 g/mol.